The number of carbonyl (C=O) groups is 2. The Balaban J connectivity index is 2.10. The second-order valence-electron chi connectivity index (χ2n) is 4.40. The van der Waals surface area contributed by atoms with E-state index in [-0.39, 0.29) is 17.9 Å². The van der Waals surface area contributed by atoms with Crippen LogP contribution in [0.4, 0.5) is 0 Å². The quantitative estimate of drug-likeness (QED) is 0.891. The second-order valence-corrected chi connectivity index (χ2v) is 5.46. The van der Waals surface area contributed by atoms with Gasteiger partial charge in [-0.25, -0.2) is 4.98 Å². The molecule has 6 heteroatoms. The van der Waals surface area contributed by atoms with E-state index >= 15 is 0 Å². The Bertz CT molecular complexity index is 458. The number of rotatable bonds is 3. The van der Waals surface area contributed by atoms with Gasteiger partial charge in [-0.3, -0.25) is 9.59 Å². The van der Waals surface area contributed by atoms with Gasteiger partial charge in [0.1, 0.15) is 6.04 Å². The highest BCUT2D eigenvalue weighted by Gasteiger charge is 2.28. The molecule has 0 bridgehead atoms. The molecular weight excluding hydrogens is 250 g/mol. The lowest BCUT2D eigenvalue weighted by atomic mass is 10.2. The Labute approximate surface area is 110 Å². The molecule has 2 amide bonds. The van der Waals surface area contributed by atoms with E-state index in [2.05, 4.69) is 10.3 Å². The number of thiazole rings is 1. The largest absolute Gasteiger partial charge is 0.344 e. The van der Waals surface area contributed by atoms with Crippen LogP contribution in [0.5, 0.6) is 0 Å². The zero-order chi connectivity index (χ0) is 13.1. The normalized spacial score (nSPS) is 20.8. The Hall–Kier alpha value is -1.43. The maximum atomic E-state index is 12.2. The zero-order valence-corrected chi connectivity index (χ0v) is 11.4. The molecule has 18 heavy (non-hydrogen) atoms. The Kier molecular flexibility index (Phi) is 3.96. The number of hydrogen-bond acceptors (Lipinski definition) is 4. The Morgan fingerprint density at radius 1 is 1.56 bits per heavy atom. The number of aryl methyl sites for hydroxylation is 1. The van der Waals surface area contributed by atoms with Crippen LogP contribution in [0.1, 0.15) is 30.5 Å². The third-order valence-electron chi connectivity index (χ3n) is 2.98. The standard InChI is InChI=1S/C12H17N3O2S/c1-3-10-12(17)15(5-4-11(16)14-10)6-9-7-18-8(2)13-9/h7,10H,3-6H2,1-2H3,(H,14,16). The highest BCUT2D eigenvalue weighted by molar-refractivity contribution is 7.09. The van der Waals surface area contributed by atoms with Crippen LogP contribution in [0.15, 0.2) is 5.38 Å². The van der Waals surface area contributed by atoms with Gasteiger partial charge in [0.05, 0.1) is 17.2 Å². The lowest BCUT2D eigenvalue weighted by Gasteiger charge is -2.22. The summed E-state index contributed by atoms with van der Waals surface area (Å²) in [4.78, 5) is 29.8. The van der Waals surface area contributed by atoms with Crippen molar-refractivity contribution in [3.8, 4) is 0 Å². The molecule has 1 fully saturated rings. The summed E-state index contributed by atoms with van der Waals surface area (Å²) in [6.45, 7) is 4.81. The summed E-state index contributed by atoms with van der Waals surface area (Å²) in [6.07, 6.45) is 0.989. The van der Waals surface area contributed by atoms with E-state index in [0.717, 1.165) is 10.7 Å². The number of nitrogens with zero attached hydrogens (tertiary/aromatic N) is 2. The van der Waals surface area contributed by atoms with Gasteiger partial charge in [-0.1, -0.05) is 6.92 Å². The van der Waals surface area contributed by atoms with Crippen LogP contribution in [0.2, 0.25) is 0 Å². The van der Waals surface area contributed by atoms with Gasteiger partial charge < -0.3 is 10.2 Å². The summed E-state index contributed by atoms with van der Waals surface area (Å²) < 4.78 is 0. The van der Waals surface area contributed by atoms with Gasteiger partial charge in [0.25, 0.3) is 0 Å². The molecule has 98 valence electrons. The van der Waals surface area contributed by atoms with Crippen molar-refractivity contribution in [3.05, 3.63) is 16.1 Å². The smallest absolute Gasteiger partial charge is 0.245 e. The first-order chi connectivity index (χ1) is 8.60. The van der Waals surface area contributed by atoms with Crippen LogP contribution in [-0.2, 0) is 16.1 Å². The number of carbonyl (C=O) groups excluding carboxylic acids is 2. The summed E-state index contributed by atoms with van der Waals surface area (Å²) in [7, 11) is 0. The SMILES string of the molecule is CCC1NC(=O)CCN(Cc2csc(C)n2)C1=O. The molecular formula is C12H17N3O2S. The minimum absolute atomic E-state index is 0.00555. The molecule has 1 aromatic rings. The minimum Gasteiger partial charge on any atom is -0.344 e. The first kappa shape index (κ1) is 13.0. The first-order valence-corrected chi connectivity index (χ1v) is 6.97. The van der Waals surface area contributed by atoms with Crippen LogP contribution in [0.3, 0.4) is 0 Å². The van der Waals surface area contributed by atoms with Crippen LogP contribution in [-0.4, -0.2) is 34.3 Å². The van der Waals surface area contributed by atoms with E-state index in [4.69, 9.17) is 0 Å². The summed E-state index contributed by atoms with van der Waals surface area (Å²) in [6, 6.07) is -0.389. The number of aromatic nitrogens is 1. The van der Waals surface area contributed by atoms with Crippen molar-refractivity contribution in [2.24, 2.45) is 0 Å². The van der Waals surface area contributed by atoms with Crippen molar-refractivity contribution in [1.82, 2.24) is 15.2 Å². The molecule has 1 unspecified atom stereocenters. The molecule has 1 N–H and O–H groups in total. The van der Waals surface area contributed by atoms with Crippen LogP contribution < -0.4 is 5.32 Å². The van der Waals surface area contributed by atoms with E-state index in [1.54, 1.807) is 16.2 Å². The molecule has 1 aliphatic heterocycles. The minimum atomic E-state index is -0.389. The van der Waals surface area contributed by atoms with Crippen LogP contribution in [0, 0.1) is 6.92 Å². The lowest BCUT2D eigenvalue weighted by Crippen LogP contribution is -2.43. The molecule has 1 atom stereocenters. The number of nitrogens with one attached hydrogen (secondary N) is 1. The van der Waals surface area contributed by atoms with E-state index in [1.165, 1.54) is 0 Å². The Morgan fingerprint density at radius 3 is 2.94 bits per heavy atom. The maximum Gasteiger partial charge on any atom is 0.245 e. The Morgan fingerprint density at radius 2 is 2.33 bits per heavy atom. The molecule has 0 spiro atoms. The molecule has 0 aromatic carbocycles. The van der Waals surface area contributed by atoms with Gasteiger partial charge in [-0.2, -0.15) is 0 Å². The highest BCUT2D eigenvalue weighted by atomic mass is 32.1. The maximum absolute atomic E-state index is 12.2. The third-order valence-corrected chi connectivity index (χ3v) is 3.80. The van der Waals surface area contributed by atoms with Crippen molar-refractivity contribution < 1.29 is 9.59 Å². The van der Waals surface area contributed by atoms with Crippen molar-refractivity contribution >= 4 is 23.2 Å². The number of amides is 2. The molecule has 1 saturated heterocycles. The van der Waals surface area contributed by atoms with Gasteiger partial charge in [0.15, 0.2) is 0 Å². The lowest BCUT2D eigenvalue weighted by molar-refractivity contribution is -0.134. The molecule has 0 aliphatic carbocycles. The van der Waals surface area contributed by atoms with Gasteiger partial charge in [-0.15, -0.1) is 11.3 Å². The predicted octanol–water partition coefficient (Wildman–Crippen LogP) is 1.08. The van der Waals surface area contributed by atoms with Crippen molar-refractivity contribution in [2.75, 3.05) is 6.54 Å². The highest BCUT2D eigenvalue weighted by Crippen LogP contribution is 2.14. The van der Waals surface area contributed by atoms with Gasteiger partial charge in [0.2, 0.25) is 11.8 Å². The van der Waals surface area contributed by atoms with Crippen molar-refractivity contribution in [3.63, 3.8) is 0 Å². The summed E-state index contributed by atoms with van der Waals surface area (Å²) in [5, 5.41) is 5.71. The molecule has 2 heterocycles. The van der Waals surface area contributed by atoms with Gasteiger partial charge in [0, 0.05) is 18.3 Å². The fourth-order valence-electron chi connectivity index (χ4n) is 2.01. The summed E-state index contributed by atoms with van der Waals surface area (Å²) in [5.41, 5.74) is 0.898. The zero-order valence-electron chi connectivity index (χ0n) is 10.6. The monoisotopic (exact) mass is 267 g/mol. The van der Waals surface area contributed by atoms with Gasteiger partial charge >= 0.3 is 0 Å². The third kappa shape index (κ3) is 2.87. The van der Waals surface area contributed by atoms with Crippen molar-refractivity contribution in [2.45, 2.75) is 39.3 Å². The molecule has 5 nitrogen and oxygen atoms in total. The predicted molar refractivity (Wildman–Crippen MR) is 69.1 cm³/mol. The van der Waals surface area contributed by atoms with E-state index in [9.17, 15) is 9.59 Å². The summed E-state index contributed by atoms with van der Waals surface area (Å²) in [5.74, 6) is -0.0545. The average Bonchev–Trinajstić information content (AvgIpc) is 2.70. The second kappa shape index (κ2) is 5.48. The van der Waals surface area contributed by atoms with Crippen LogP contribution >= 0.6 is 11.3 Å². The first-order valence-electron chi connectivity index (χ1n) is 6.09. The molecule has 2 rings (SSSR count). The molecule has 0 saturated carbocycles. The van der Waals surface area contributed by atoms with Crippen LogP contribution in [0.25, 0.3) is 0 Å². The molecule has 1 aliphatic rings. The topological polar surface area (TPSA) is 62.3 Å². The van der Waals surface area contributed by atoms with Gasteiger partial charge in [-0.05, 0) is 13.3 Å². The number of hydrogen-bond donors (Lipinski definition) is 1. The molecule has 1 aromatic heterocycles. The molecule has 0 radical (unpaired) electrons. The van der Waals surface area contributed by atoms with E-state index in [0.29, 0.717) is 25.9 Å². The fraction of sp³-hybridized carbons (Fsp3) is 0.583. The van der Waals surface area contributed by atoms with E-state index < -0.39 is 0 Å². The fourth-order valence-corrected chi connectivity index (χ4v) is 2.61. The van der Waals surface area contributed by atoms with E-state index in [1.807, 2.05) is 19.2 Å². The average molecular weight is 267 g/mol. The summed E-state index contributed by atoms with van der Waals surface area (Å²) >= 11 is 1.57. The van der Waals surface area contributed by atoms with Crippen molar-refractivity contribution in [1.29, 1.82) is 0 Å².